The molecule has 164 valence electrons. The van der Waals surface area contributed by atoms with Crippen LogP contribution in [0.3, 0.4) is 0 Å². The van der Waals surface area contributed by atoms with Gasteiger partial charge in [-0.25, -0.2) is 0 Å². The van der Waals surface area contributed by atoms with Crippen molar-refractivity contribution in [3.05, 3.63) is 12.2 Å². The van der Waals surface area contributed by atoms with Gasteiger partial charge in [-0.05, 0) is 32.1 Å². The van der Waals surface area contributed by atoms with Crippen molar-refractivity contribution in [2.45, 2.75) is 129 Å². The van der Waals surface area contributed by atoms with Gasteiger partial charge in [-0.15, -0.1) is 0 Å². The lowest BCUT2D eigenvalue weighted by Gasteiger charge is -2.03. The first-order valence-electron chi connectivity index (χ1n) is 11.9. The zero-order valence-corrected chi connectivity index (χ0v) is 18.8. The number of Topliss-reactive ketones (excluding diaryl/α,β-unsaturated/α-hetero) is 1. The lowest BCUT2D eigenvalue weighted by molar-refractivity contribution is -0.140. The van der Waals surface area contributed by atoms with Crippen LogP contribution in [0.5, 0.6) is 0 Å². The van der Waals surface area contributed by atoms with Gasteiger partial charge in [0.05, 0.1) is 7.11 Å². The van der Waals surface area contributed by atoms with E-state index in [0.717, 1.165) is 44.9 Å². The molecule has 0 aliphatic carbocycles. The molecule has 0 N–H and O–H groups in total. The molecule has 0 bridgehead atoms. The first kappa shape index (κ1) is 26.9. The highest BCUT2D eigenvalue weighted by Gasteiger charge is 2.01. The molecule has 0 saturated carbocycles. The first-order chi connectivity index (χ1) is 13.7. The lowest BCUT2D eigenvalue weighted by atomic mass is 10.0. The number of esters is 1. The molecule has 0 unspecified atom stereocenters. The van der Waals surface area contributed by atoms with Crippen molar-refractivity contribution in [3.63, 3.8) is 0 Å². The van der Waals surface area contributed by atoms with Crippen molar-refractivity contribution >= 4 is 11.8 Å². The van der Waals surface area contributed by atoms with Crippen LogP contribution in [0.25, 0.3) is 0 Å². The number of allylic oxidation sites excluding steroid dienone is 2. The highest BCUT2D eigenvalue weighted by Crippen LogP contribution is 2.13. The average molecular weight is 395 g/mol. The summed E-state index contributed by atoms with van der Waals surface area (Å²) in [6.45, 7) is 2.22. The Hall–Kier alpha value is -1.12. The minimum atomic E-state index is -0.0867. The Morgan fingerprint density at radius 1 is 0.607 bits per heavy atom. The summed E-state index contributed by atoms with van der Waals surface area (Å²) in [6, 6.07) is 0. The van der Waals surface area contributed by atoms with Crippen LogP contribution in [0, 0.1) is 0 Å². The number of methoxy groups -OCH3 is 1. The van der Waals surface area contributed by atoms with Gasteiger partial charge in [0.25, 0.3) is 0 Å². The molecule has 0 radical (unpaired) electrons. The van der Waals surface area contributed by atoms with Gasteiger partial charge in [0.1, 0.15) is 5.78 Å². The van der Waals surface area contributed by atoms with Crippen LogP contribution in [0.1, 0.15) is 129 Å². The molecule has 0 atom stereocenters. The van der Waals surface area contributed by atoms with Gasteiger partial charge in [-0.3, -0.25) is 9.59 Å². The molecule has 0 aliphatic heterocycles. The van der Waals surface area contributed by atoms with Crippen molar-refractivity contribution in [1.82, 2.24) is 0 Å². The fourth-order valence-electron chi connectivity index (χ4n) is 3.40. The van der Waals surface area contributed by atoms with E-state index < -0.39 is 0 Å². The Kier molecular flexibility index (Phi) is 21.3. The van der Waals surface area contributed by atoms with Gasteiger partial charge in [0, 0.05) is 19.3 Å². The fraction of sp³-hybridized carbons (Fsp3) is 0.840. The maximum Gasteiger partial charge on any atom is 0.305 e. The van der Waals surface area contributed by atoms with Gasteiger partial charge in [0.2, 0.25) is 0 Å². The minimum Gasteiger partial charge on any atom is -0.469 e. The van der Waals surface area contributed by atoms with E-state index in [9.17, 15) is 9.59 Å². The van der Waals surface area contributed by atoms with Crippen molar-refractivity contribution in [2.24, 2.45) is 0 Å². The number of rotatable bonds is 21. The number of carbonyl (C=O) groups is 2. The summed E-state index contributed by atoms with van der Waals surface area (Å²) in [7, 11) is 1.45. The SMILES string of the molecule is CCCCCC=CCCC(=O)CCCCCCCCCCCCCC(=O)OC. The van der Waals surface area contributed by atoms with E-state index in [1.54, 1.807) is 0 Å². The van der Waals surface area contributed by atoms with E-state index in [1.165, 1.54) is 77.7 Å². The number of ketones is 1. The summed E-state index contributed by atoms with van der Waals surface area (Å²) in [6.07, 6.45) is 25.8. The van der Waals surface area contributed by atoms with Crippen molar-refractivity contribution < 1.29 is 14.3 Å². The third-order valence-corrected chi connectivity index (χ3v) is 5.30. The molecular weight excluding hydrogens is 348 g/mol. The second-order valence-corrected chi connectivity index (χ2v) is 8.01. The molecule has 3 nitrogen and oxygen atoms in total. The van der Waals surface area contributed by atoms with Gasteiger partial charge < -0.3 is 4.74 Å². The van der Waals surface area contributed by atoms with Crippen LogP contribution in [0.2, 0.25) is 0 Å². The van der Waals surface area contributed by atoms with Crippen molar-refractivity contribution in [2.75, 3.05) is 7.11 Å². The lowest BCUT2D eigenvalue weighted by Crippen LogP contribution is -1.99. The summed E-state index contributed by atoms with van der Waals surface area (Å²) in [5.41, 5.74) is 0. The van der Waals surface area contributed by atoms with E-state index in [-0.39, 0.29) is 5.97 Å². The van der Waals surface area contributed by atoms with Crippen LogP contribution >= 0.6 is 0 Å². The molecule has 0 amide bonds. The molecule has 28 heavy (non-hydrogen) atoms. The number of hydrogen-bond donors (Lipinski definition) is 0. The van der Waals surface area contributed by atoms with Crippen LogP contribution < -0.4 is 0 Å². The molecule has 0 rings (SSSR count). The number of ether oxygens (including phenoxy) is 1. The average Bonchev–Trinajstić information content (AvgIpc) is 2.70. The number of unbranched alkanes of at least 4 members (excludes halogenated alkanes) is 13. The van der Waals surface area contributed by atoms with Crippen LogP contribution in [0.15, 0.2) is 12.2 Å². The van der Waals surface area contributed by atoms with Crippen LogP contribution in [-0.4, -0.2) is 18.9 Å². The predicted octanol–water partition coefficient (Wildman–Crippen LogP) is 7.72. The molecule has 0 aliphatic rings. The summed E-state index contributed by atoms with van der Waals surface area (Å²) in [5.74, 6) is 0.349. The van der Waals surface area contributed by atoms with Gasteiger partial charge in [-0.1, -0.05) is 89.7 Å². The second kappa shape index (κ2) is 22.2. The van der Waals surface area contributed by atoms with Gasteiger partial charge in [0.15, 0.2) is 0 Å². The maximum atomic E-state index is 11.9. The monoisotopic (exact) mass is 394 g/mol. The molecule has 0 fully saturated rings. The zero-order valence-electron chi connectivity index (χ0n) is 18.8. The van der Waals surface area contributed by atoms with Crippen LogP contribution in [0.4, 0.5) is 0 Å². The normalized spacial score (nSPS) is 11.2. The van der Waals surface area contributed by atoms with Gasteiger partial charge in [-0.2, -0.15) is 0 Å². The molecule has 0 heterocycles. The summed E-state index contributed by atoms with van der Waals surface area (Å²) in [5, 5.41) is 0. The Balaban J connectivity index is 3.22. The summed E-state index contributed by atoms with van der Waals surface area (Å²) in [4.78, 5) is 22.8. The molecule has 0 aromatic heterocycles. The number of carbonyl (C=O) groups excluding carboxylic acids is 2. The maximum absolute atomic E-state index is 11.9. The van der Waals surface area contributed by atoms with E-state index in [0.29, 0.717) is 12.2 Å². The molecule has 0 aromatic rings. The van der Waals surface area contributed by atoms with Crippen molar-refractivity contribution in [3.8, 4) is 0 Å². The molecule has 0 saturated heterocycles. The Morgan fingerprint density at radius 2 is 1.11 bits per heavy atom. The van der Waals surface area contributed by atoms with Gasteiger partial charge >= 0.3 is 5.97 Å². The summed E-state index contributed by atoms with van der Waals surface area (Å²) < 4.78 is 4.64. The predicted molar refractivity (Wildman–Crippen MR) is 120 cm³/mol. The Morgan fingerprint density at radius 3 is 1.64 bits per heavy atom. The molecule has 0 spiro atoms. The Labute approximate surface area is 174 Å². The van der Waals surface area contributed by atoms with E-state index in [2.05, 4.69) is 23.8 Å². The number of hydrogen-bond acceptors (Lipinski definition) is 3. The van der Waals surface area contributed by atoms with Crippen molar-refractivity contribution in [1.29, 1.82) is 0 Å². The standard InChI is InChI=1S/C25H46O3/c1-3-4-5-6-12-15-18-21-24(26)22-19-16-13-10-8-7-9-11-14-17-20-23-25(27)28-2/h12,15H,3-11,13-14,16-23H2,1-2H3. The second-order valence-electron chi connectivity index (χ2n) is 8.01. The van der Waals surface area contributed by atoms with E-state index in [1.807, 2.05) is 0 Å². The first-order valence-corrected chi connectivity index (χ1v) is 11.9. The van der Waals surface area contributed by atoms with E-state index >= 15 is 0 Å². The molecular formula is C25H46O3. The fourth-order valence-corrected chi connectivity index (χ4v) is 3.40. The van der Waals surface area contributed by atoms with Crippen LogP contribution in [-0.2, 0) is 14.3 Å². The van der Waals surface area contributed by atoms with E-state index in [4.69, 9.17) is 0 Å². The summed E-state index contributed by atoms with van der Waals surface area (Å²) >= 11 is 0. The topological polar surface area (TPSA) is 43.4 Å². The third-order valence-electron chi connectivity index (χ3n) is 5.30. The molecule has 3 heteroatoms. The largest absolute Gasteiger partial charge is 0.469 e. The highest BCUT2D eigenvalue weighted by molar-refractivity contribution is 5.78. The Bertz CT molecular complexity index is 387. The highest BCUT2D eigenvalue weighted by atomic mass is 16.5. The molecule has 0 aromatic carbocycles. The third kappa shape index (κ3) is 21.2. The smallest absolute Gasteiger partial charge is 0.305 e. The minimum absolute atomic E-state index is 0.0867. The quantitative estimate of drug-likeness (QED) is 0.114. The zero-order chi connectivity index (χ0) is 20.7.